The maximum absolute atomic E-state index is 12.1. The van der Waals surface area contributed by atoms with Gasteiger partial charge in [-0.3, -0.25) is 0 Å². The zero-order valence-corrected chi connectivity index (χ0v) is 19.4. The molecular formula is C19H29O16P. The van der Waals surface area contributed by atoms with E-state index in [2.05, 4.69) is 0 Å². The summed E-state index contributed by atoms with van der Waals surface area (Å²) < 4.78 is 30.0. The fourth-order valence-electron chi connectivity index (χ4n) is 3.43. The second-order valence-electron chi connectivity index (χ2n) is 7.85. The third-order valence-electron chi connectivity index (χ3n) is 5.28. The Morgan fingerprint density at radius 1 is 0.917 bits per heavy atom. The second-order valence-corrected chi connectivity index (χ2v) is 8.88. The van der Waals surface area contributed by atoms with Gasteiger partial charge in [-0.25, -0.2) is 9.36 Å². The summed E-state index contributed by atoms with van der Waals surface area (Å²) in [5.41, 5.74) is 0.243. The molecule has 36 heavy (non-hydrogen) atoms. The Labute approximate surface area is 203 Å². The van der Waals surface area contributed by atoms with Crippen molar-refractivity contribution in [2.45, 2.75) is 54.8 Å². The summed E-state index contributed by atoms with van der Waals surface area (Å²) >= 11 is 0. The summed E-state index contributed by atoms with van der Waals surface area (Å²) in [5, 5.41) is 69.7. The number of carbonyl (C=O) groups is 1. The topological polar surface area (TPSA) is 273 Å². The van der Waals surface area contributed by atoms with E-state index in [0.29, 0.717) is 0 Å². The summed E-state index contributed by atoms with van der Waals surface area (Å²) in [6.45, 7) is -2.21. The zero-order chi connectivity index (χ0) is 27.3. The average molecular weight is 544 g/mol. The minimum atomic E-state index is -4.64. The van der Waals surface area contributed by atoms with E-state index in [1.807, 2.05) is 0 Å². The first-order valence-corrected chi connectivity index (χ1v) is 11.9. The monoisotopic (exact) mass is 544 g/mol. The lowest BCUT2D eigenvalue weighted by Crippen LogP contribution is -2.62. The summed E-state index contributed by atoms with van der Waals surface area (Å²) in [6.07, 6.45) is -13.1. The van der Waals surface area contributed by atoms with Crippen molar-refractivity contribution >= 4 is 13.8 Å². The molecule has 0 aromatic heterocycles. The van der Waals surface area contributed by atoms with E-state index in [-0.39, 0.29) is 5.56 Å². The molecule has 10 N–H and O–H groups in total. The molecule has 0 bridgehead atoms. The van der Waals surface area contributed by atoms with Crippen LogP contribution in [0.15, 0.2) is 30.3 Å². The number of aliphatic hydroxyl groups excluding tert-OH is 7. The van der Waals surface area contributed by atoms with Crippen LogP contribution in [-0.2, 0) is 23.5 Å². The van der Waals surface area contributed by atoms with Crippen LogP contribution in [0.1, 0.15) is 10.4 Å². The van der Waals surface area contributed by atoms with Crippen LogP contribution < -0.4 is 0 Å². The van der Waals surface area contributed by atoms with Crippen molar-refractivity contribution in [2.24, 2.45) is 0 Å². The first kappa shape index (κ1) is 30.6. The Kier molecular flexibility index (Phi) is 10.9. The molecule has 2 saturated heterocycles. The highest BCUT2D eigenvalue weighted by Gasteiger charge is 2.58. The highest BCUT2D eigenvalue weighted by molar-refractivity contribution is 7.45. The third kappa shape index (κ3) is 7.70. The average Bonchev–Trinajstić information content (AvgIpc) is 3.08. The highest BCUT2D eigenvalue weighted by Crippen LogP contribution is 2.36. The number of rotatable bonds is 7. The molecule has 206 valence electrons. The van der Waals surface area contributed by atoms with E-state index < -0.39 is 88.4 Å². The number of aliphatic hydroxyl groups is 7. The number of hydrogen-bond donors (Lipinski definition) is 10. The molecule has 2 aliphatic rings. The molecule has 0 aliphatic carbocycles. The molecule has 1 aromatic carbocycles. The van der Waals surface area contributed by atoms with Gasteiger partial charge in [0.25, 0.3) is 0 Å². The van der Waals surface area contributed by atoms with Crippen molar-refractivity contribution in [3.05, 3.63) is 35.9 Å². The molecular weight excluding hydrogens is 515 g/mol. The van der Waals surface area contributed by atoms with Crippen LogP contribution in [0.5, 0.6) is 0 Å². The normalized spacial score (nSPS) is 36.6. The van der Waals surface area contributed by atoms with Gasteiger partial charge in [0.05, 0.1) is 12.2 Å². The molecule has 0 amide bonds. The SMILES string of the molecule is O=C(OC[C@H]1O[C@H](O[C@]2(CO)O[C@H](CO)[C@@H](O)[C@@H]2O)[C@H](O)[C@@H](O)[C@@H]1O)c1ccccc1.O=P(O)(O)O. The van der Waals surface area contributed by atoms with Gasteiger partial charge in [0.15, 0.2) is 6.29 Å². The fraction of sp³-hybridized carbons (Fsp3) is 0.632. The van der Waals surface area contributed by atoms with E-state index in [1.165, 1.54) is 12.1 Å². The maximum Gasteiger partial charge on any atom is 0.466 e. The van der Waals surface area contributed by atoms with Gasteiger partial charge in [-0.05, 0) is 12.1 Å². The standard InChI is InChI=1S/C19H26O12.H3O4P/c20-6-10-13(23)16(26)19(8-21,30-10)31-18-15(25)14(24)12(22)11(29-18)7-28-17(27)9-4-2-1-3-5-9;1-5(2,3)4/h1-5,10-16,18,20-26H,6-8H2;(H3,1,2,3,4)/t10-,11-,12-,13-,14+,15-,16+,18-,19+;/m1./s1. The Morgan fingerprint density at radius 2 is 1.50 bits per heavy atom. The van der Waals surface area contributed by atoms with Crippen LogP contribution in [0.2, 0.25) is 0 Å². The lowest BCUT2D eigenvalue weighted by atomic mass is 9.99. The molecule has 0 unspecified atom stereocenters. The van der Waals surface area contributed by atoms with Crippen LogP contribution >= 0.6 is 7.82 Å². The van der Waals surface area contributed by atoms with Crippen LogP contribution in [0.4, 0.5) is 0 Å². The number of esters is 1. The Hall–Kier alpha value is -1.60. The number of phosphoric acid groups is 1. The molecule has 0 radical (unpaired) electrons. The first-order chi connectivity index (χ1) is 16.7. The van der Waals surface area contributed by atoms with E-state index in [1.54, 1.807) is 18.2 Å². The minimum absolute atomic E-state index is 0.243. The largest absolute Gasteiger partial charge is 0.466 e. The number of ether oxygens (including phenoxy) is 4. The Bertz CT molecular complexity index is 873. The molecule has 2 heterocycles. The quantitative estimate of drug-likeness (QED) is 0.114. The van der Waals surface area contributed by atoms with Crippen molar-refractivity contribution < 1.29 is 78.7 Å². The number of benzene rings is 1. The predicted octanol–water partition coefficient (Wildman–Crippen LogP) is -4.46. The molecule has 0 saturated carbocycles. The molecule has 9 atom stereocenters. The Balaban J connectivity index is 0.000000830. The van der Waals surface area contributed by atoms with Gasteiger partial charge < -0.3 is 69.4 Å². The van der Waals surface area contributed by atoms with Gasteiger partial charge in [-0.15, -0.1) is 0 Å². The molecule has 2 fully saturated rings. The molecule has 16 nitrogen and oxygen atoms in total. The predicted molar refractivity (Wildman–Crippen MR) is 113 cm³/mol. The lowest BCUT2D eigenvalue weighted by Gasteiger charge is -2.43. The van der Waals surface area contributed by atoms with E-state index in [4.69, 9.17) is 38.2 Å². The second kappa shape index (κ2) is 12.8. The molecule has 1 aromatic rings. The van der Waals surface area contributed by atoms with E-state index >= 15 is 0 Å². The number of carbonyl (C=O) groups excluding carboxylic acids is 1. The van der Waals surface area contributed by atoms with Crippen molar-refractivity contribution in [1.29, 1.82) is 0 Å². The molecule has 0 spiro atoms. The summed E-state index contributed by atoms with van der Waals surface area (Å²) in [4.78, 5) is 33.7. The summed E-state index contributed by atoms with van der Waals surface area (Å²) in [5.74, 6) is -3.00. The fourth-order valence-corrected chi connectivity index (χ4v) is 3.43. The van der Waals surface area contributed by atoms with Crippen LogP contribution in [0.3, 0.4) is 0 Å². The van der Waals surface area contributed by atoms with Gasteiger partial charge in [-0.1, -0.05) is 18.2 Å². The summed E-state index contributed by atoms with van der Waals surface area (Å²) in [6, 6.07) is 7.98. The van der Waals surface area contributed by atoms with Crippen LogP contribution in [-0.4, -0.2) is 131 Å². The van der Waals surface area contributed by atoms with Gasteiger partial charge in [0, 0.05) is 0 Å². The summed E-state index contributed by atoms with van der Waals surface area (Å²) in [7, 11) is -4.64. The molecule has 2 aliphatic heterocycles. The van der Waals surface area contributed by atoms with E-state index in [9.17, 15) is 40.5 Å². The Morgan fingerprint density at radius 3 is 2.00 bits per heavy atom. The van der Waals surface area contributed by atoms with E-state index in [0.717, 1.165) is 0 Å². The van der Waals surface area contributed by atoms with Crippen molar-refractivity contribution in [3.63, 3.8) is 0 Å². The maximum atomic E-state index is 12.1. The van der Waals surface area contributed by atoms with Crippen molar-refractivity contribution in [1.82, 2.24) is 0 Å². The lowest BCUT2D eigenvalue weighted by molar-refractivity contribution is -0.383. The molecule has 17 heteroatoms. The minimum Gasteiger partial charge on any atom is -0.459 e. The zero-order valence-electron chi connectivity index (χ0n) is 18.5. The van der Waals surface area contributed by atoms with Gasteiger partial charge in [0.2, 0.25) is 5.79 Å². The van der Waals surface area contributed by atoms with Gasteiger partial charge >= 0.3 is 13.8 Å². The third-order valence-corrected chi connectivity index (χ3v) is 5.28. The van der Waals surface area contributed by atoms with Crippen molar-refractivity contribution in [3.8, 4) is 0 Å². The first-order valence-electron chi connectivity index (χ1n) is 10.4. The van der Waals surface area contributed by atoms with Crippen molar-refractivity contribution in [2.75, 3.05) is 19.8 Å². The number of hydrogen-bond acceptors (Lipinski definition) is 13. The molecule has 3 rings (SSSR count). The van der Waals surface area contributed by atoms with Gasteiger partial charge in [-0.2, -0.15) is 0 Å². The highest BCUT2D eigenvalue weighted by atomic mass is 31.2. The van der Waals surface area contributed by atoms with Crippen LogP contribution in [0.25, 0.3) is 0 Å². The van der Waals surface area contributed by atoms with Gasteiger partial charge in [0.1, 0.15) is 55.9 Å². The smallest absolute Gasteiger partial charge is 0.459 e. The van der Waals surface area contributed by atoms with Crippen LogP contribution in [0, 0.1) is 0 Å².